The molecule has 0 bridgehead atoms. The van der Waals surface area contributed by atoms with Crippen molar-refractivity contribution in [2.24, 2.45) is 22.7 Å². The summed E-state index contributed by atoms with van der Waals surface area (Å²) in [7, 11) is 11.3. The molecule has 2 unspecified atom stereocenters. The molecule has 110 valence electrons. The van der Waals surface area contributed by atoms with Gasteiger partial charge in [-0.15, -0.1) is 0 Å². The molecular weight excluding hydrogens is 226 g/mol. The number of rotatable bonds is 2. The Labute approximate surface area is 125 Å². The van der Waals surface area contributed by atoms with E-state index in [4.69, 9.17) is 15.0 Å². The fourth-order valence-electron chi connectivity index (χ4n) is 1.37. The van der Waals surface area contributed by atoms with Crippen molar-refractivity contribution in [3.8, 4) is 0 Å². The van der Waals surface area contributed by atoms with E-state index in [0.29, 0.717) is 22.7 Å². The van der Waals surface area contributed by atoms with Crippen LogP contribution in [-0.4, -0.2) is 25.9 Å². The van der Waals surface area contributed by atoms with Gasteiger partial charge < -0.3 is 0 Å². The molecule has 0 aromatic rings. The van der Waals surface area contributed by atoms with Crippen LogP contribution in [0.25, 0.3) is 0 Å². The van der Waals surface area contributed by atoms with Gasteiger partial charge in [0.2, 0.25) is 0 Å². The first-order chi connectivity index (χ1) is 7.71. The molecule has 0 nitrogen and oxygen atoms in total. The third kappa shape index (κ3) is 11.4. The van der Waals surface area contributed by atoms with Gasteiger partial charge in [-0.2, -0.15) is 0 Å². The second kappa shape index (κ2) is 8.93. The molecule has 0 rings (SSSR count). The van der Waals surface area contributed by atoms with Crippen LogP contribution in [0.3, 0.4) is 0 Å². The molecule has 0 aromatic carbocycles. The topological polar surface area (TPSA) is 0 Å². The van der Waals surface area contributed by atoms with E-state index in [9.17, 15) is 0 Å². The quantitative estimate of drug-likeness (QED) is 0.633. The standard InChI is InChI=1S/2C8H16B.CH4/c2*1-6(7(2)9)8(3,4)5;/h2*6H,1-5H3;1H4. The Morgan fingerprint density at radius 2 is 0.842 bits per heavy atom. The molecule has 0 saturated heterocycles. The Kier molecular flexibility index (Phi) is 11.2. The average Bonchev–Trinajstić information content (AvgIpc) is 2.13. The van der Waals surface area contributed by atoms with Crippen LogP contribution < -0.4 is 0 Å². The predicted octanol–water partition coefficient (Wildman–Crippen LogP) is 4.69. The molecule has 0 fully saturated rings. The zero-order chi connectivity index (χ0) is 15.3. The van der Waals surface area contributed by atoms with Crippen LogP contribution in [0.4, 0.5) is 0 Å². The van der Waals surface area contributed by atoms with E-state index in [0.717, 1.165) is 10.9 Å². The molecule has 0 N–H and O–H groups in total. The summed E-state index contributed by atoms with van der Waals surface area (Å²) in [5.74, 6) is 1.02. The maximum absolute atomic E-state index is 5.64. The molecule has 0 heterocycles. The Balaban J connectivity index is -0.000000256. The van der Waals surface area contributed by atoms with Crippen LogP contribution in [0.1, 0.15) is 76.7 Å². The van der Waals surface area contributed by atoms with E-state index in [2.05, 4.69) is 55.4 Å². The summed E-state index contributed by atoms with van der Waals surface area (Å²) in [5.41, 5.74) is 2.70. The van der Waals surface area contributed by atoms with E-state index < -0.39 is 0 Å². The van der Waals surface area contributed by atoms with Crippen LogP contribution in [0.15, 0.2) is 0 Å². The Bertz CT molecular complexity index is 247. The van der Waals surface area contributed by atoms with Crippen LogP contribution >= 0.6 is 0 Å². The molecule has 19 heavy (non-hydrogen) atoms. The van der Waals surface area contributed by atoms with E-state index in [1.54, 1.807) is 0 Å². The molecule has 0 saturated carbocycles. The summed E-state index contributed by atoms with van der Waals surface area (Å²) < 4.78 is 0. The zero-order valence-electron chi connectivity index (χ0n) is 14.3. The van der Waals surface area contributed by atoms with E-state index in [1.807, 2.05) is 13.8 Å². The third-order valence-electron chi connectivity index (χ3n) is 3.96. The van der Waals surface area contributed by atoms with Gasteiger partial charge in [0.25, 0.3) is 0 Å². The summed E-state index contributed by atoms with van der Waals surface area (Å²) in [6.07, 6.45) is 0. The SMILES string of the molecule is C.[B]=C(C)C(C)C(C)(C)C.[B]=C(C)C(C)C(C)(C)C. The van der Waals surface area contributed by atoms with Crippen molar-refractivity contribution in [3.05, 3.63) is 0 Å². The minimum atomic E-state index is 0. The summed E-state index contributed by atoms with van der Waals surface area (Å²) >= 11 is 0. The third-order valence-corrected chi connectivity index (χ3v) is 3.96. The maximum atomic E-state index is 5.64. The summed E-state index contributed by atoms with van der Waals surface area (Å²) in [5, 5.41) is 0. The molecule has 0 aliphatic carbocycles. The fourth-order valence-corrected chi connectivity index (χ4v) is 1.37. The average molecular weight is 262 g/mol. The van der Waals surface area contributed by atoms with Crippen molar-refractivity contribution in [1.29, 1.82) is 0 Å². The number of hydrogen-bond donors (Lipinski definition) is 0. The van der Waals surface area contributed by atoms with Crippen molar-refractivity contribution in [1.82, 2.24) is 0 Å². The first-order valence-corrected chi connectivity index (χ1v) is 6.89. The van der Waals surface area contributed by atoms with Gasteiger partial charge in [-0.1, -0.05) is 7.43 Å². The molecule has 0 aromatic heterocycles. The van der Waals surface area contributed by atoms with Gasteiger partial charge in [-0.25, -0.2) is 0 Å². The molecule has 0 aliphatic heterocycles. The van der Waals surface area contributed by atoms with Gasteiger partial charge in [0.15, 0.2) is 0 Å². The fraction of sp³-hybridized carbons (Fsp3) is 0.882. The number of hydrogen-bond acceptors (Lipinski definition) is 0. The zero-order valence-corrected chi connectivity index (χ0v) is 14.3. The molecule has 0 aliphatic rings. The van der Waals surface area contributed by atoms with Crippen LogP contribution in [0.5, 0.6) is 0 Å². The summed E-state index contributed by atoms with van der Waals surface area (Å²) in [6, 6.07) is 0. The van der Waals surface area contributed by atoms with E-state index >= 15 is 0 Å². The van der Waals surface area contributed by atoms with Crippen molar-refractivity contribution >= 4 is 25.9 Å². The van der Waals surface area contributed by atoms with Gasteiger partial charge in [0, 0.05) is 0 Å². The Hall–Kier alpha value is -0.130. The normalized spacial score (nSPS) is 14.3. The van der Waals surface area contributed by atoms with E-state index in [-0.39, 0.29) is 7.43 Å². The molecule has 2 radical (unpaired) electrons. The van der Waals surface area contributed by atoms with Crippen molar-refractivity contribution in [2.45, 2.75) is 76.7 Å². The Morgan fingerprint density at radius 1 is 0.684 bits per heavy atom. The molecular formula is C17H36B2. The van der Waals surface area contributed by atoms with Crippen molar-refractivity contribution in [2.75, 3.05) is 0 Å². The molecule has 2 heteroatoms. The van der Waals surface area contributed by atoms with Crippen LogP contribution in [-0.2, 0) is 0 Å². The van der Waals surface area contributed by atoms with Crippen molar-refractivity contribution < 1.29 is 0 Å². The van der Waals surface area contributed by atoms with Gasteiger partial charge >= 0.3 is 118 Å². The van der Waals surface area contributed by atoms with Gasteiger partial charge in [-0.05, 0) is 0 Å². The second-order valence-electron chi connectivity index (χ2n) is 7.66. The van der Waals surface area contributed by atoms with Crippen LogP contribution in [0.2, 0.25) is 0 Å². The van der Waals surface area contributed by atoms with E-state index in [1.165, 1.54) is 0 Å². The van der Waals surface area contributed by atoms with Crippen molar-refractivity contribution in [3.63, 3.8) is 0 Å². The second-order valence-corrected chi connectivity index (χ2v) is 7.66. The van der Waals surface area contributed by atoms with Gasteiger partial charge in [0.1, 0.15) is 0 Å². The minimum absolute atomic E-state index is 0. The monoisotopic (exact) mass is 262 g/mol. The predicted molar refractivity (Wildman–Crippen MR) is 96.8 cm³/mol. The van der Waals surface area contributed by atoms with Gasteiger partial charge in [-0.3, -0.25) is 0 Å². The summed E-state index contributed by atoms with van der Waals surface area (Å²) in [6.45, 7) is 21.5. The Morgan fingerprint density at radius 3 is 0.842 bits per heavy atom. The van der Waals surface area contributed by atoms with Crippen LogP contribution in [0, 0.1) is 22.7 Å². The summed E-state index contributed by atoms with van der Waals surface area (Å²) in [4.78, 5) is 0. The first kappa shape index (κ1) is 23.9. The first-order valence-electron chi connectivity index (χ1n) is 6.89. The van der Waals surface area contributed by atoms with Gasteiger partial charge in [0.05, 0.1) is 0 Å². The molecule has 0 amide bonds. The molecule has 0 spiro atoms. The molecule has 2 atom stereocenters.